The number of hydrogen-bond donors (Lipinski definition) is 2. The number of allylic oxidation sites excluding steroid dienone is 2. The molecule has 1 aliphatic carbocycles. The first kappa shape index (κ1) is 20.8. The highest BCUT2D eigenvalue weighted by Crippen LogP contribution is 2.41. The Morgan fingerprint density at radius 1 is 1.07 bits per heavy atom. The lowest BCUT2D eigenvalue weighted by Gasteiger charge is -2.24. The predicted octanol–water partition coefficient (Wildman–Crippen LogP) is 4.42. The molecule has 0 fully saturated rings. The Hall–Kier alpha value is -2.93. The average molecular weight is 413 g/mol. The first-order chi connectivity index (χ1) is 13.8. The van der Waals surface area contributed by atoms with Gasteiger partial charge >= 0.3 is 11.9 Å². The number of ether oxygens (including phenoxy) is 1. The van der Waals surface area contributed by atoms with Crippen LogP contribution in [-0.2, 0) is 14.3 Å². The third-order valence-electron chi connectivity index (χ3n) is 5.14. The molecule has 0 saturated carbocycles. The quantitative estimate of drug-likeness (QED) is 0.559. The van der Waals surface area contributed by atoms with Gasteiger partial charge in [0.15, 0.2) is 0 Å². The molecule has 1 amide bonds. The molecule has 29 heavy (non-hydrogen) atoms. The van der Waals surface area contributed by atoms with E-state index in [0.717, 1.165) is 21.6 Å². The number of thiophene rings is 1. The van der Waals surface area contributed by atoms with Gasteiger partial charge in [-0.25, -0.2) is 4.79 Å². The third-order valence-corrected chi connectivity index (χ3v) is 6.16. The summed E-state index contributed by atoms with van der Waals surface area (Å²) in [6, 6.07) is 7.76. The average Bonchev–Trinajstić information content (AvgIpc) is 3.03. The van der Waals surface area contributed by atoms with E-state index in [1.165, 1.54) is 18.4 Å². The smallest absolute Gasteiger partial charge is 0.341 e. The summed E-state index contributed by atoms with van der Waals surface area (Å²) in [6.07, 6.45) is 4.27. The molecular weight excluding hydrogens is 390 g/mol. The lowest BCUT2D eigenvalue weighted by atomic mass is 9.82. The second kappa shape index (κ2) is 8.61. The van der Waals surface area contributed by atoms with Gasteiger partial charge in [0, 0.05) is 10.4 Å². The van der Waals surface area contributed by atoms with Crippen LogP contribution in [0.2, 0.25) is 0 Å². The van der Waals surface area contributed by atoms with Gasteiger partial charge in [-0.2, -0.15) is 0 Å². The molecule has 0 bridgehead atoms. The van der Waals surface area contributed by atoms with Crippen LogP contribution >= 0.6 is 11.3 Å². The fraction of sp³-hybridized carbons (Fsp3) is 0.318. The summed E-state index contributed by atoms with van der Waals surface area (Å²) in [5.74, 6) is -3.40. The number of carboxylic acid groups (broad SMARTS) is 1. The number of methoxy groups -OCH3 is 1. The van der Waals surface area contributed by atoms with E-state index >= 15 is 0 Å². The molecule has 0 radical (unpaired) electrons. The Balaban J connectivity index is 1.99. The van der Waals surface area contributed by atoms with Crippen molar-refractivity contribution in [2.24, 2.45) is 11.8 Å². The Kier molecular flexibility index (Phi) is 6.17. The van der Waals surface area contributed by atoms with Crippen molar-refractivity contribution in [1.29, 1.82) is 0 Å². The lowest BCUT2D eigenvalue weighted by molar-refractivity contribution is -0.146. The van der Waals surface area contributed by atoms with Crippen LogP contribution in [0.25, 0.3) is 11.1 Å². The Morgan fingerprint density at radius 2 is 1.69 bits per heavy atom. The van der Waals surface area contributed by atoms with Gasteiger partial charge in [-0.05, 0) is 32.3 Å². The maximum atomic E-state index is 12.9. The zero-order chi connectivity index (χ0) is 21.1. The molecule has 1 aromatic carbocycles. The summed E-state index contributed by atoms with van der Waals surface area (Å²) in [6.45, 7) is 3.86. The van der Waals surface area contributed by atoms with E-state index in [9.17, 15) is 19.5 Å². The molecule has 152 valence electrons. The molecule has 0 saturated heterocycles. The number of amides is 1. The van der Waals surface area contributed by atoms with Gasteiger partial charge < -0.3 is 15.2 Å². The molecule has 0 spiro atoms. The zero-order valence-corrected chi connectivity index (χ0v) is 17.3. The van der Waals surface area contributed by atoms with Gasteiger partial charge in [0.05, 0.1) is 18.9 Å². The largest absolute Gasteiger partial charge is 0.481 e. The number of carboxylic acids is 1. The Bertz CT molecular complexity index is 974. The molecule has 2 atom stereocenters. The first-order valence-corrected chi connectivity index (χ1v) is 10.1. The van der Waals surface area contributed by atoms with E-state index in [-0.39, 0.29) is 0 Å². The molecule has 1 aromatic heterocycles. The monoisotopic (exact) mass is 413 g/mol. The van der Waals surface area contributed by atoms with Crippen LogP contribution < -0.4 is 5.32 Å². The topological polar surface area (TPSA) is 92.7 Å². The summed E-state index contributed by atoms with van der Waals surface area (Å²) < 4.78 is 4.97. The normalized spacial score (nSPS) is 18.3. The molecule has 0 aliphatic heterocycles. The molecule has 2 aromatic rings. The Morgan fingerprint density at radius 3 is 2.28 bits per heavy atom. The fourth-order valence-electron chi connectivity index (χ4n) is 3.58. The molecular formula is C22H23NO5S. The molecule has 2 N–H and O–H groups in total. The zero-order valence-electron chi connectivity index (χ0n) is 16.5. The van der Waals surface area contributed by atoms with Crippen LogP contribution in [-0.4, -0.2) is 30.1 Å². The van der Waals surface area contributed by atoms with Crippen LogP contribution in [0.3, 0.4) is 0 Å². The molecule has 6 nitrogen and oxygen atoms in total. The second-order valence-electron chi connectivity index (χ2n) is 7.08. The summed E-state index contributed by atoms with van der Waals surface area (Å²) in [5.41, 5.74) is 2.97. The third kappa shape index (κ3) is 4.24. The van der Waals surface area contributed by atoms with Gasteiger partial charge in [0.25, 0.3) is 0 Å². The van der Waals surface area contributed by atoms with E-state index in [1.54, 1.807) is 6.08 Å². The highest BCUT2D eigenvalue weighted by Gasteiger charge is 2.35. The van der Waals surface area contributed by atoms with Gasteiger partial charge in [-0.3, -0.25) is 9.59 Å². The minimum Gasteiger partial charge on any atom is -0.481 e. The van der Waals surface area contributed by atoms with Gasteiger partial charge in [0.1, 0.15) is 10.6 Å². The minimum absolute atomic E-state index is 0.297. The summed E-state index contributed by atoms with van der Waals surface area (Å²) in [4.78, 5) is 37.9. The summed E-state index contributed by atoms with van der Waals surface area (Å²) in [7, 11) is 1.30. The van der Waals surface area contributed by atoms with Crippen LogP contribution in [0, 0.1) is 25.7 Å². The second-order valence-corrected chi connectivity index (χ2v) is 8.30. The molecule has 7 heteroatoms. The van der Waals surface area contributed by atoms with Crippen molar-refractivity contribution in [2.75, 3.05) is 12.4 Å². The van der Waals surface area contributed by atoms with Crippen molar-refractivity contribution in [3.8, 4) is 11.1 Å². The number of anilines is 1. The maximum Gasteiger partial charge on any atom is 0.341 e. The highest BCUT2D eigenvalue weighted by molar-refractivity contribution is 7.17. The molecule has 1 aliphatic rings. The summed E-state index contributed by atoms with van der Waals surface area (Å²) in [5, 5.41) is 12.6. The van der Waals surface area contributed by atoms with Gasteiger partial charge in [-0.1, -0.05) is 42.0 Å². The maximum absolute atomic E-state index is 12.9. The number of benzene rings is 1. The molecule has 3 rings (SSSR count). The number of aryl methyl sites for hydroxylation is 2. The number of carbonyl (C=O) groups excluding carboxylic acids is 2. The number of nitrogens with one attached hydrogen (secondary N) is 1. The molecule has 1 heterocycles. The van der Waals surface area contributed by atoms with Gasteiger partial charge in [0.2, 0.25) is 5.91 Å². The van der Waals surface area contributed by atoms with Crippen LogP contribution in [0.1, 0.15) is 33.6 Å². The SMILES string of the molecule is COC(=O)c1c(NC(=O)[C@H]2CC=CC[C@@H]2C(=O)O)sc(C)c1-c1ccc(C)cc1. The number of rotatable bonds is 5. The van der Waals surface area contributed by atoms with E-state index < -0.39 is 29.7 Å². The van der Waals surface area contributed by atoms with Gasteiger partial charge in [-0.15, -0.1) is 11.3 Å². The van der Waals surface area contributed by atoms with E-state index in [4.69, 9.17) is 4.74 Å². The van der Waals surface area contributed by atoms with Crippen molar-refractivity contribution < 1.29 is 24.2 Å². The van der Waals surface area contributed by atoms with E-state index in [0.29, 0.717) is 23.4 Å². The standard InChI is InChI=1S/C22H23NO5S/c1-12-8-10-14(11-9-12)17-13(2)29-20(18(17)22(27)28-3)23-19(24)15-6-4-5-7-16(15)21(25)26/h4-5,8-11,15-16H,6-7H2,1-3H3,(H,23,24)(H,25,26)/t15-,16-/m0/s1. The molecule has 0 unspecified atom stereocenters. The highest BCUT2D eigenvalue weighted by atomic mass is 32.1. The lowest BCUT2D eigenvalue weighted by Crippen LogP contribution is -2.34. The van der Waals surface area contributed by atoms with Crippen LogP contribution in [0.4, 0.5) is 5.00 Å². The van der Waals surface area contributed by atoms with Crippen molar-refractivity contribution in [1.82, 2.24) is 0 Å². The Labute approximate surface area is 173 Å². The van der Waals surface area contributed by atoms with Crippen molar-refractivity contribution in [3.05, 3.63) is 52.4 Å². The predicted molar refractivity (Wildman–Crippen MR) is 112 cm³/mol. The summed E-state index contributed by atoms with van der Waals surface area (Å²) >= 11 is 1.29. The van der Waals surface area contributed by atoms with Crippen molar-refractivity contribution in [2.45, 2.75) is 26.7 Å². The van der Waals surface area contributed by atoms with Crippen LogP contribution in [0.15, 0.2) is 36.4 Å². The van der Waals surface area contributed by atoms with Crippen molar-refractivity contribution in [3.63, 3.8) is 0 Å². The van der Waals surface area contributed by atoms with Crippen molar-refractivity contribution >= 4 is 34.2 Å². The van der Waals surface area contributed by atoms with Crippen LogP contribution in [0.5, 0.6) is 0 Å². The first-order valence-electron chi connectivity index (χ1n) is 9.30. The number of aliphatic carboxylic acids is 1. The number of esters is 1. The number of hydrogen-bond acceptors (Lipinski definition) is 5. The fourth-order valence-corrected chi connectivity index (χ4v) is 4.65. The minimum atomic E-state index is -0.995. The van der Waals surface area contributed by atoms with E-state index in [2.05, 4.69) is 5.32 Å². The van der Waals surface area contributed by atoms with E-state index in [1.807, 2.05) is 44.2 Å². The number of carbonyl (C=O) groups is 3.